The molecular formula is C5H7N. The fourth-order valence-corrected chi connectivity index (χ4v) is 0.549. The molecule has 1 aliphatic heterocycles. The topological polar surface area (TPSA) is 3.24 Å². The van der Waals surface area contributed by atoms with Gasteiger partial charge in [-0.15, -0.1) is 0 Å². The Kier molecular flexibility index (Phi) is 0.845. The van der Waals surface area contributed by atoms with Crippen molar-refractivity contribution in [3.05, 3.63) is 14.0 Å². The molecule has 32 valence electrons. The molecule has 4 radical (unpaired) electrons. The Labute approximate surface area is 39.0 Å². The van der Waals surface area contributed by atoms with E-state index in [-0.39, 0.29) is 0 Å². The number of hydrogen-bond acceptors (Lipinski definition) is 1. The van der Waals surface area contributed by atoms with Gasteiger partial charge in [-0.1, -0.05) is 0 Å². The highest BCUT2D eigenvalue weighted by molar-refractivity contribution is 4.79. The lowest BCUT2D eigenvalue weighted by molar-refractivity contribution is 0.193. The zero-order chi connectivity index (χ0) is 4.57. The molecule has 1 nitrogen and oxygen atoms in total. The minimum absolute atomic E-state index is 0.343. The molecule has 1 heteroatoms. The Bertz CT molecular complexity index is 39.9. The summed E-state index contributed by atoms with van der Waals surface area (Å²) in [6, 6.07) is 0. The standard InChI is InChI=1S/C5H7N/c1-5-3-6(2)4-5/h1-2,5H,3-4H2. The third kappa shape index (κ3) is 0.548. The molecule has 1 fully saturated rings. The predicted octanol–water partition coefficient (Wildman–Crippen LogP) is 0.298. The van der Waals surface area contributed by atoms with E-state index in [0.29, 0.717) is 5.92 Å². The fourth-order valence-electron chi connectivity index (χ4n) is 0.549. The predicted molar refractivity (Wildman–Crippen MR) is 23.7 cm³/mol. The summed E-state index contributed by atoms with van der Waals surface area (Å²) >= 11 is 0. The van der Waals surface area contributed by atoms with Crippen molar-refractivity contribution in [2.45, 2.75) is 0 Å². The lowest BCUT2D eigenvalue weighted by Crippen LogP contribution is -2.40. The summed E-state index contributed by atoms with van der Waals surface area (Å²) in [5, 5.41) is 0. The minimum Gasteiger partial charge on any atom is -0.296 e. The first kappa shape index (κ1) is 4.13. The summed E-state index contributed by atoms with van der Waals surface area (Å²) < 4.78 is 0. The van der Waals surface area contributed by atoms with Gasteiger partial charge in [0.1, 0.15) is 0 Å². The third-order valence-corrected chi connectivity index (χ3v) is 0.938. The van der Waals surface area contributed by atoms with E-state index in [1.807, 2.05) is 0 Å². The smallest absolute Gasteiger partial charge is 0.0439 e. The highest BCUT2D eigenvalue weighted by Crippen LogP contribution is 2.10. The molecule has 0 unspecified atom stereocenters. The lowest BCUT2D eigenvalue weighted by atomic mass is 10.1. The Morgan fingerprint density at radius 1 is 1.50 bits per heavy atom. The molecule has 0 bridgehead atoms. The molecule has 0 N–H and O–H groups in total. The molecule has 1 rings (SSSR count). The maximum atomic E-state index is 5.35. The summed E-state index contributed by atoms with van der Waals surface area (Å²) in [6.45, 7) is 7.07. The summed E-state index contributed by atoms with van der Waals surface area (Å²) in [6.07, 6.45) is 0. The van der Waals surface area contributed by atoms with Gasteiger partial charge in [-0.05, 0) is 12.8 Å². The SMILES string of the molecule is [CH]C1CN([CH])C1. The molecule has 0 aromatic carbocycles. The number of likely N-dealkylation sites (tertiary alicyclic amines) is 1. The van der Waals surface area contributed by atoms with E-state index in [0.717, 1.165) is 13.1 Å². The number of rotatable bonds is 0. The van der Waals surface area contributed by atoms with Crippen molar-refractivity contribution < 1.29 is 0 Å². The van der Waals surface area contributed by atoms with Crippen molar-refractivity contribution in [2.24, 2.45) is 5.92 Å². The molecule has 0 spiro atoms. The van der Waals surface area contributed by atoms with Crippen LogP contribution in [-0.2, 0) is 0 Å². The maximum Gasteiger partial charge on any atom is 0.0439 e. The van der Waals surface area contributed by atoms with Crippen LogP contribution in [0.2, 0.25) is 0 Å². The quantitative estimate of drug-likeness (QED) is 0.405. The van der Waals surface area contributed by atoms with Crippen molar-refractivity contribution in [1.82, 2.24) is 4.90 Å². The van der Waals surface area contributed by atoms with Crippen LogP contribution in [0.3, 0.4) is 0 Å². The van der Waals surface area contributed by atoms with Crippen LogP contribution >= 0.6 is 0 Å². The molecule has 0 aliphatic carbocycles. The molecular weight excluding hydrogens is 74.1 g/mol. The van der Waals surface area contributed by atoms with Crippen LogP contribution in [-0.4, -0.2) is 18.0 Å². The van der Waals surface area contributed by atoms with Crippen LogP contribution in [0.1, 0.15) is 0 Å². The van der Waals surface area contributed by atoms with E-state index in [1.54, 1.807) is 4.90 Å². The van der Waals surface area contributed by atoms with Crippen LogP contribution in [0, 0.1) is 19.9 Å². The first-order valence-electron chi connectivity index (χ1n) is 2.04. The van der Waals surface area contributed by atoms with Crippen LogP contribution in [0.4, 0.5) is 0 Å². The van der Waals surface area contributed by atoms with Crippen LogP contribution in [0.15, 0.2) is 0 Å². The Morgan fingerprint density at radius 3 is 2.00 bits per heavy atom. The van der Waals surface area contributed by atoms with Gasteiger partial charge in [0.25, 0.3) is 0 Å². The molecule has 0 amide bonds. The molecule has 1 saturated heterocycles. The Morgan fingerprint density at radius 2 is 2.00 bits per heavy atom. The molecule has 1 aliphatic rings. The largest absolute Gasteiger partial charge is 0.296 e. The average Bonchev–Trinajstić information content (AvgIpc) is 1.33. The van der Waals surface area contributed by atoms with Crippen molar-refractivity contribution in [2.75, 3.05) is 13.1 Å². The van der Waals surface area contributed by atoms with Gasteiger partial charge >= 0.3 is 0 Å². The van der Waals surface area contributed by atoms with Crippen LogP contribution < -0.4 is 0 Å². The first-order chi connectivity index (χ1) is 2.79. The molecule has 6 heavy (non-hydrogen) atoms. The van der Waals surface area contributed by atoms with Gasteiger partial charge in [-0.3, -0.25) is 4.90 Å². The second-order valence-corrected chi connectivity index (χ2v) is 1.71. The van der Waals surface area contributed by atoms with E-state index in [2.05, 4.69) is 0 Å². The summed E-state index contributed by atoms with van der Waals surface area (Å²) in [5.41, 5.74) is 0. The molecule has 0 atom stereocenters. The van der Waals surface area contributed by atoms with Gasteiger partial charge in [0.2, 0.25) is 0 Å². The van der Waals surface area contributed by atoms with Gasteiger partial charge in [0.15, 0.2) is 0 Å². The molecule has 0 aromatic heterocycles. The summed E-state index contributed by atoms with van der Waals surface area (Å²) in [7, 11) is 5.22. The first-order valence-corrected chi connectivity index (χ1v) is 2.04. The van der Waals surface area contributed by atoms with Gasteiger partial charge in [-0.25, -0.2) is 0 Å². The van der Waals surface area contributed by atoms with Crippen molar-refractivity contribution in [3.8, 4) is 0 Å². The van der Waals surface area contributed by atoms with E-state index in [1.165, 1.54) is 0 Å². The van der Waals surface area contributed by atoms with E-state index >= 15 is 0 Å². The molecule has 0 saturated carbocycles. The number of nitrogens with zero attached hydrogens (tertiary/aromatic N) is 1. The van der Waals surface area contributed by atoms with Crippen LogP contribution in [0.25, 0.3) is 0 Å². The molecule has 0 aromatic rings. The van der Waals surface area contributed by atoms with Gasteiger partial charge < -0.3 is 0 Å². The molecule has 1 heterocycles. The maximum absolute atomic E-state index is 5.35. The van der Waals surface area contributed by atoms with E-state index in [4.69, 9.17) is 14.0 Å². The van der Waals surface area contributed by atoms with Gasteiger partial charge in [0.05, 0.1) is 0 Å². The van der Waals surface area contributed by atoms with E-state index < -0.39 is 0 Å². The highest BCUT2D eigenvalue weighted by atomic mass is 15.2. The second kappa shape index (κ2) is 1.23. The summed E-state index contributed by atoms with van der Waals surface area (Å²) in [5.74, 6) is 0.343. The third-order valence-electron chi connectivity index (χ3n) is 0.938. The van der Waals surface area contributed by atoms with Crippen molar-refractivity contribution >= 4 is 0 Å². The normalized spacial score (nSPS) is 27.0. The monoisotopic (exact) mass is 81.1 g/mol. The van der Waals surface area contributed by atoms with E-state index in [9.17, 15) is 0 Å². The minimum atomic E-state index is 0.343. The van der Waals surface area contributed by atoms with Crippen molar-refractivity contribution in [3.63, 3.8) is 0 Å². The Balaban J connectivity index is 2.11. The summed E-state index contributed by atoms with van der Waals surface area (Å²) in [4.78, 5) is 1.70. The van der Waals surface area contributed by atoms with Gasteiger partial charge in [-0.2, -0.15) is 0 Å². The average molecular weight is 81.1 g/mol. The van der Waals surface area contributed by atoms with Gasteiger partial charge in [0, 0.05) is 20.1 Å². The lowest BCUT2D eigenvalue weighted by Gasteiger charge is -2.32. The van der Waals surface area contributed by atoms with Crippen molar-refractivity contribution in [1.29, 1.82) is 0 Å². The highest BCUT2D eigenvalue weighted by Gasteiger charge is 2.17. The fraction of sp³-hybridized carbons (Fsp3) is 0.600. The zero-order valence-electron chi connectivity index (χ0n) is 3.59. The second-order valence-electron chi connectivity index (χ2n) is 1.71. The zero-order valence-corrected chi connectivity index (χ0v) is 3.59. The number of hydrogen-bond donors (Lipinski definition) is 0. The Hall–Kier alpha value is -0.0400. The van der Waals surface area contributed by atoms with Crippen LogP contribution in [0.5, 0.6) is 0 Å².